The molecule has 1 N–H and O–H groups in total. The van der Waals surface area contributed by atoms with Gasteiger partial charge in [0.15, 0.2) is 6.29 Å². The topological polar surface area (TPSA) is 32.9 Å². The van der Waals surface area contributed by atoms with Gasteiger partial charge in [0.25, 0.3) is 0 Å². The maximum absolute atomic E-state index is 10.6. The molecule has 0 aliphatic carbocycles. The molecule has 2 rings (SSSR count). The molecular formula is C9H6ClNO. The van der Waals surface area contributed by atoms with Crippen molar-refractivity contribution in [3.63, 3.8) is 0 Å². The van der Waals surface area contributed by atoms with E-state index >= 15 is 0 Å². The van der Waals surface area contributed by atoms with Crippen molar-refractivity contribution in [2.24, 2.45) is 0 Å². The van der Waals surface area contributed by atoms with E-state index in [0.29, 0.717) is 10.7 Å². The van der Waals surface area contributed by atoms with Crippen LogP contribution in [-0.2, 0) is 0 Å². The fraction of sp³-hybridized carbons (Fsp3) is 0. The predicted molar refractivity (Wildman–Crippen MR) is 48.7 cm³/mol. The van der Waals surface area contributed by atoms with Crippen molar-refractivity contribution < 1.29 is 4.79 Å². The Morgan fingerprint density at radius 3 is 3.00 bits per heavy atom. The number of hydrogen-bond acceptors (Lipinski definition) is 1. The summed E-state index contributed by atoms with van der Waals surface area (Å²) >= 11 is 5.74. The van der Waals surface area contributed by atoms with Crippen molar-refractivity contribution in [2.45, 2.75) is 0 Å². The third kappa shape index (κ3) is 1.01. The van der Waals surface area contributed by atoms with Gasteiger partial charge < -0.3 is 4.98 Å². The summed E-state index contributed by atoms with van der Waals surface area (Å²) in [6.07, 6.45) is 0.826. The monoisotopic (exact) mass is 179 g/mol. The van der Waals surface area contributed by atoms with Crippen molar-refractivity contribution in [3.05, 3.63) is 35.0 Å². The summed E-state index contributed by atoms with van der Waals surface area (Å²) in [5.41, 5.74) is 1.56. The van der Waals surface area contributed by atoms with Crippen LogP contribution in [0.15, 0.2) is 24.3 Å². The van der Waals surface area contributed by atoms with E-state index in [-0.39, 0.29) is 0 Å². The average Bonchev–Trinajstić information content (AvgIpc) is 2.44. The lowest BCUT2D eigenvalue weighted by molar-refractivity contribution is 0.112. The number of benzene rings is 1. The lowest BCUT2D eigenvalue weighted by atomic mass is 10.1. The molecule has 3 heteroatoms. The molecule has 0 aliphatic heterocycles. The second-order valence-corrected chi connectivity index (χ2v) is 2.95. The SMILES string of the molecule is O=Cc1cccc2[nH]c(Cl)cc12. The number of hydrogen-bond donors (Lipinski definition) is 1. The lowest BCUT2D eigenvalue weighted by Crippen LogP contribution is -1.78. The van der Waals surface area contributed by atoms with E-state index < -0.39 is 0 Å². The van der Waals surface area contributed by atoms with Gasteiger partial charge in [0, 0.05) is 16.5 Å². The average molecular weight is 180 g/mol. The maximum atomic E-state index is 10.6. The molecule has 1 aromatic carbocycles. The van der Waals surface area contributed by atoms with Crippen molar-refractivity contribution in [1.29, 1.82) is 0 Å². The Balaban J connectivity index is 2.86. The fourth-order valence-corrected chi connectivity index (χ4v) is 1.46. The van der Waals surface area contributed by atoms with Gasteiger partial charge >= 0.3 is 0 Å². The number of rotatable bonds is 1. The van der Waals surface area contributed by atoms with Crippen LogP contribution in [0.1, 0.15) is 10.4 Å². The van der Waals surface area contributed by atoms with Crippen LogP contribution >= 0.6 is 11.6 Å². The summed E-state index contributed by atoms with van der Waals surface area (Å²) in [5.74, 6) is 0. The highest BCUT2D eigenvalue weighted by molar-refractivity contribution is 6.30. The highest BCUT2D eigenvalue weighted by atomic mass is 35.5. The minimum absolute atomic E-state index is 0.555. The summed E-state index contributed by atoms with van der Waals surface area (Å²) in [6.45, 7) is 0. The van der Waals surface area contributed by atoms with Crippen LogP contribution in [0.2, 0.25) is 5.15 Å². The highest BCUT2D eigenvalue weighted by Gasteiger charge is 2.01. The van der Waals surface area contributed by atoms with Gasteiger partial charge in [-0.25, -0.2) is 0 Å². The van der Waals surface area contributed by atoms with Crippen molar-refractivity contribution in [2.75, 3.05) is 0 Å². The van der Waals surface area contributed by atoms with E-state index in [0.717, 1.165) is 17.2 Å². The Labute approximate surface area is 74.2 Å². The number of aromatic amines is 1. The quantitative estimate of drug-likeness (QED) is 0.671. The number of aldehydes is 1. The fourth-order valence-electron chi connectivity index (χ4n) is 1.25. The summed E-state index contributed by atoms with van der Waals surface area (Å²) in [6, 6.07) is 7.22. The first-order valence-electron chi connectivity index (χ1n) is 3.53. The standard InChI is InChI=1S/C9H6ClNO/c10-9-4-7-6(5-12)2-1-3-8(7)11-9/h1-5,11H. The molecule has 0 atom stereocenters. The van der Waals surface area contributed by atoms with Crippen molar-refractivity contribution in [3.8, 4) is 0 Å². The summed E-state index contributed by atoms with van der Waals surface area (Å²) in [5, 5.41) is 1.43. The summed E-state index contributed by atoms with van der Waals surface area (Å²) in [7, 11) is 0. The van der Waals surface area contributed by atoms with Crippen LogP contribution in [0.3, 0.4) is 0 Å². The third-order valence-corrected chi connectivity index (χ3v) is 2.00. The molecule has 60 valence electrons. The molecule has 2 nitrogen and oxygen atoms in total. The zero-order valence-electron chi connectivity index (χ0n) is 6.17. The van der Waals surface area contributed by atoms with Crippen LogP contribution in [0.4, 0.5) is 0 Å². The van der Waals surface area contributed by atoms with Gasteiger partial charge in [0.1, 0.15) is 5.15 Å². The normalized spacial score (nSPS) is 10.4. The molecule has 0 amide bonds. The zero-order valence-corrected chi connectivity index (χ0v) is 6.93. The van der Waals surface area contributed by atoms with E-state index in [1.165, 1.54) is 0 Å². The summed E-state index contributed by atoms with van der Waals surface area (Å²) < 4.78 is 0. The van der Waals surface area contributed by atoms with Gasteiger partial charge in [-0.1, -0.05) is 23.7 Å². The molecule has 1 aromatic heterocycles. The van der Waals surface area contributed by atoms with Crippen LogP contribution in [0, 0.1) is 0 Å². The molecule has 0 spiro atoms. The number of halogens is 1. The molecule has 0 bridgehead atoms. The molecule has 0 radical (unpaired) electrons. The van der Waals surface area contributed by atoms with Crippen LogP contribution < -0.4 is 0 Å². The molecule has 0 saturated heterocycles. The predicted octanol–water partition coefficient (Wildman–Crippen LogP) is 2.63. The maximum Gasteiger partial charge on any atom is 0.150 e. The number of H-pyrrole nitrogens is 1. The van der Waals surface area contributed by atoms with E-state index in [1.807, 2.05) is 12.1 Å². The van der Waals surface area contributed by atoms with E-state index in [9.17, 15) is 4.79 Å². The molecule has 0 unspecified atom stereocenters. The number of carbonyl (C=O) groups is 1. The number of nitrogens with one attached hydrogen (secondary N) is 1. The van der Waals surface area contributed by atoms with Gasteiger partial charge in [-0.05, 0) is 12.1 Å². The minimum Gasteiger partial charge on any atom is -0.346 e. The number of carbonyl (C=O) groups excluding carboxylic acids is 1. The van der Waals surface area contributed by atoms with Crippen molar-refractivity contribution in [1.82, 2.24) is 4.98 Å². The Morgan fingerprint density at radius 1 is 1.42 bits per heavy atom. The van der Waals surface area contributed by atoms with Gasteiger partial charge in [-0.3, -0.25) is 4.79 Å². The van der Waals surface area contributed by atoms with Crippen LogP contribution in [0.25, 0.3) is 10.9 Å². The van der Waals surface area contributed by atoms with Crippen LogP contribution in [-0.4, -0.2) is 11.3 Å². The molecule has 0 saturated carbocycles. The third-order valence-electron chi connectivity index (χ3n) is 1.79. The molecule has 1 heterocycles. The second kappa shape index (κ2) is 2.64. The second-order valence-electron chi connectivity index (χ2n) is 2.54. The first kappa shape index (κ1) is 7.37. The highest BCUT2D eigenvalue weighted by Crippen LogP contribution is 2.20. The Bertz CT molecular complexity index is 433. The molecule has 0 aliphatic rings. The molecular weight excluding hydrogens is 174 g/mol. The van der Waals surface area contributed by atoms with Gasteiger partial charge in [-0.15, -0.1) is 0 Å². The smallest absolute Gasteiger partial charge is 0.150 e. The molecule has 0 fully saturated rings. The van der Waals surface area contributed by atoms with Gasteiger partial charge in [-0.2, -0.15) is 0 Å². The number of aromatic nitrogens is 1. The van der Waals surface area contributed by atoms with Crippen LogP contribution in [0.5, 0.6) is 0 Å². The van der Waals surface area contributed by atoms with E-state index in [1.54, 1.807) is 12.1 Å². The first-order chi connectivity index (χ1) is 5.81. The summed E-state index contributed by atoms with van der Waals surface area (Å²) in [4.78, 5) is 13.5. The largest absolute Gasteiger partial charge is 0.346 e. The first-order valence-corrected chi connectivity index (χ1v) is 3.91. The Hall–Kier alpha value is -1.28. The molecule has 2 aromatic rings. The number of fused-ring (bicyclic) bond motifs is 1. The van der Waals surface area contributed by atoms with Gasteiger partial charge in [0.2, 0.25) is 0 Å². The van der Waals surface area contributed by atoms with E-state index in [2.05, 4.69) is 4.98 Å². The zero-order chi connectivity index (χ0) is 8.55. The lowest BCUT2D eigenvalue weighted by Gasteiger charge is -1.91. The Kier molecular flexibility index (Phi) is 1.62. The van der Waals surface area contributed by atoms with Crippen molar-refractivity contribution >= 4 is 28.8 Å². The molecule has 12 heavy (non-hydrogen) atoms. The van der Waals surface area contributed by atoms with E-state index in [4.69, 9.17) is 11.6 Å². The Morgan fingerprint density at radius 2 is 2.25 bits per heavy atom. The minimum atomic E-state index is 0.555. The van der Waals surface area contributed by atoms with Gasteiger partial charge in [0.05, 0.1) is 0 Å².